The minimum atomic E-state index is -0.438. The Balaban J connectivity index is 2.29. The number of nitrogens with one attached hydrogen (secondary N) is 2. The van der Waals surface area contributed by atoms with Gasteiger partial charge >= 0.3 is 0 Å². The molecule has 1 aromatic heterocycles. The van der Waals surface area contributed by atoms with E-state index in [4.69, 9.17) is 4.52 Å². The van der Waals surface area contributed by atoms with Gasteiger partial charge in [-0.3, -0.25) is 14.4 Å². The van der Waals surface area contributed by atoms with Crippen molar-refractivity contribution in [2.24, 2.45) is 0 Å². The first kappa shape index (κ1) is 18.0. The smallest absolute Gasteiger partial charge is 0.241 e. The number of hydrogen-bond acceptors (Lipinski definition) is 6. The van der Waals surface area contributed by atoms with Gasteiger partial charge in [0, 0.05) is 20.2 Å². The van der Waals surface area contributed by atoms with Crippen LogP contribution in [-0.2, 0) is 14.4 Å². The first-order valence-electron chi connectivity index (χ1n) is 6.62. The molecule has 0 spiro atoms. The second-order valence-electron chi connectivity index (χ2n) is 4.83. The maximum atomic E-state index is 11.9. The highest BCUT2D eigenvalue weighted by atomic mass is 32.2. The van der Waals surface area contributed by atoms with Gasteiger partial charge in [-0.15, -0.1) is 11.8 Å². The van der Waals surface area contributed by atoms with Crippen LogP contribution in [0.15, 0.2) is 10.6 Å². The van der Waals surface area contributed by atoms with Crippen molar-refractivity contribution in [2.75, 3.05) is 31.7 Å². The van der Waals surface area contributed by atoms with Gasteiger partial charge in [0.1, 0.15) is 5.76 Å². The zero-order chi connectivity index (χ0) is 16.7. The summed E-state index contributed by atoms with van der Waals surface area (Å²) in [5.74, 6) is 0.280. The Bertz CT molecular complexity index is 544. The van der Waals surface area contributed by atoms with Crippen LogP contribution in [0.5, 0.6) is 0 Å². The number of anilines is 1. The molecular formula is C13H20N4O4S. The molecule has 0 bridgehead atoms. The summed E-state index contributed by atoms with van der Waals surface area (Å²) in [6.45, 7) is 3.36. The molecule has 0 fully saturated rings. The average molecular weight is 328 g/mol. The molecule has 22 heavy (non-hydrogen) atoms. The van der Waals surface area contributed by atoms with Crippen molar-refractivity contribution in [3.05, 3.63) is 11.8 Å². The van der Waals surface area contributed by atoms with Gasteiger partial charge in [0.2, 0.25) is 17.7 Å². The Morgan fingerprint density at radius 2 is 2.09 bits per heavy atom. The standard InChI is InChI=1S/C13H20N4O4S/c1-8-5-10(16-21-8)15-13(20)9(2)22-7-11(18)14-6-12(19)17(3)4/h5,9H,6-7H2,1-4H3,(H,14,18)(H,15,16,20)/t9-/m0/s1. The fraction of sp³-hybridized carbons (Fsp3) is 0.538. The third-order valence-corrected chi connectivity index (χ3v) is 3.79. The minimum Gasteiger partial charge on any atom is -0.360 e. The van der Waals surface area contributed by atoms with Crippen LogP contribution in [0.25, 0.3) is 0 Å². The lowest BCUT2D eigenvalue weighted by molar-refractivity contribution is -0.130. The molecule has 1 heterocycles. The Kier molecular flexibility index (Phi) is 6.90. The molecular weight excluding hydrogens is 308 g/mol. The molecule has 0 aliphatic rings. The molecule has 3 amide bonds. The third-order valence-electron chi connectivity index (χ3n) is 2.65. The van der Waals surface area contributed by atoms with E-state index in [0.29, 0.717) is 11.6 Å². The lowest BCUT2D eigenvalue weighted by Gasteiger charge is -2.12. The Hall–Kier alpha value is -2.03. The average Bonchev–Trinajstić information content (AvgIpc) is 2.86. The number of carbonyl (C=O) groups is 3. The van der Waals surface area contributed by atoms with Crippen molar-refractivity contribution in [1.82, 2.24) is 15.4 Å². The monoisotopic (exact) mass is 328 g/mol. The summed E-state index contributed by atoms with van der Waals surface area (Å²) in [6.07, 6.45) is 0. The topological polar surface area (TPSA) is 105 Å². The maximum Gasteiger partial charge on any atom is 0.241 e. The molecule has 1 atom stereocenters. The van der Waals surface area contributed by atoms with Crippen LogP contribution in [-0.4, -0.2) is 59.4 Å². The molecule has 8 nitrogen and oxygen atoms in total. The Labute approximate surface area is 133 Å². The first-order chi connectivity index (χ1) is 10.3. The summed E-state index contributed by atoms with van der Waals surface area (Å²) >= 11 is 1.17. The van der Waals surface area contributed by atoms with E-state index in [-0.39, 0.29) is 30.0 Å². The van der Waals surface area contributed by atoms with Crippen molar-refractivity contribution in [3.8, 4) is 0 Å². The summed E-state index contributed by atoms with van der Waals surface area (Å²) in [4.78, 5) is 36.2. The second kappa shape index (κ2) is 8.42. The minimum absolute atomic E-state index is 0.0504. The van der Waals surface area contributed by atoms with Crippen molar-refractivity contribution < 1.29 is 18.9 Å². The van der Waals surface area contributed by atoms with Crippen LogP contribution in [0, 0.1) is 6.92 Å². The maximum absolute atomic E-state index is 11.9. The number of rotatable bonds is 7. The lowest BCUT2D eigenvalue weighted by atomic mass is 10.4. The van der Waals surface area contributed by atoms with Gasteiger partial charge in [-0.25, -0.2) is 0 Å². The van der Waals surface area contributed by atoms with Gasteiger partial charge in [0.15, 0.2) is 5.82 Å². The molecule has 122 valence electrons. The molecule has 0 aliphatic carbocycles. The predicted octanol–water partition coefficient (Wildman–Crippen LogP) is 0.248. The normalized spacial score (nSPS) is 11.6. The van der Waals surface area contributed by atoms with E-state index in [1.54, 1.807) is 34.0 Å². The summed E-state index contributed by atoms with van der Waals surface area (Å²) in [6, 6.07) is 1.61. The van der Waals surface area contributed by atoms with Gasteiger partial charge in [-0.1, -0.05) is 5.16 Å². The summed E-state index contributed by atoms with van der Waals surface area (Å²) in [5, 5.41) is 8.32. The van der Waals surface area contributed by atoms with Crippen LogP contribution in [0.4, 0.5) is 5.82 Å². The molecule has 0 aliphatic heterocycles. The van der Waals surface area contributed by atoms with Crippen LogP contribution in [0.3, 0.4) is 0 Å². The zero-order valence-corrected chi connectivity index (χ0v) is 13.8. The van der Waals surface area contributed by atoms with E-state index in [1.807, 2.05) is 0 Å². The first-order valence-corrected chi connectivity index (χ1v) is 7.67. The second-order valence-corrected chi connectivity index (χ2v) is 6.16. The number of likely N-dealkylation sites (N-methyl/N-ethyl adjacent to an activating group) is 1. The molecule has 0 radical (unpaired) electrons. The summed E-state index contributed by atoms with van der Waals surface area (Å²) in [5.41, 5.74) is 0. The molecule has 0 aromatic carbocycles. The van der Waals surface area contributed by atoms with Crippen LogP contribution < -0.4 is 10.6 Å². The number of amides is 3. The number of nitrogens with zero attached hydrogens (tertiary/aromatic N) is 2. The highest BCUT2D eigenvalue weighted by Gasteiger charge is 2.17. The molecule has 0 saturated carbocycles. The highest BCUT2D eigenvalue weighted by Crippen LogP contribution is 2.13. The molecule has 1 rings (SSSR count). The fourth-order valence-electron chi connectivity index (χ4n) is 1.31. The van der Waals surface area contributed by atoms with Gasteiger partial charge < -0.3 is 20.1 Å². The fourth-order valence-corrected chi connectivity index (χ4v) is 2.03. The van der Waals surface area contributed by atoms with Crippen LogP contribution in [0.1, 0.15) is 12.7 Å². The number of carbonyl (C=O) groups excluding carboxylic acids is 3. The van der Waals surface area contributed by atoms with Crippen LogP contribution >= 0.6 is 11.8 Å². The van der Waals surface area contributed by atoms with Gasteiger partial charge in [-0.05, 0) is 13.8 Å². The SMILES string of the molecule is Cc1cc(NC(=O)[C@H](C)SCC(=O)NCC(=O)N(C)C)no1. The van der Waals surface area contributed by atoms with Gasteiger partial charge in [0.05, 0.1) is 17.5 Å². The van der Waals surface area contributed by atoms with Gasteiger partial charge in [-0.2, -0.15) is 0 Å². The molecule has 9 heteroatoms. The van der Waals surface area contributed by atoms with E-state index >= 15 is 0 Å². The van der Waals surface area contributed by atoms with Crippen molar-refractivity contribution in [2.45, 2.75) is 19.1 Å². The summed E-state index contributed by atoms with van der Waals surface area (Å²) < 4.78 is 4.85. The van der Waals surface area contributed by atoms with Crippen molar-refractivity contribution >= 4 is 35.3 Å². The molecule has 0 unspecified atom stereocenters. The Morgan fingerprint density at radius 3 is 2.64 bits per heavy atom. The van der Waals surface area contributed by atoms with E-state index < -0.39 is 5.25 Å². The largest absolute Gasteiger partial charge is 0.360 e. The van der Waals surface area contributed by atoms with E-state index in [1.165, 1.54) is 16.7 Å². The van der Waals surface area contributed by atoms with E-state index in [2.05, 4.69) is 15.8 Å². The highest BCUT2D eigenvalue weighted by molar-refractivity contribution is 8.01. The number of aryl methyl sites for hydroxylation is 1. The zero-order valence-electron chi connectivity index (χ0n) is 13.0. The quantitative estimate of drug-likeness (QED) is 0.743. The number of thioether (sulfide) groups is 1. The summed E-state index contributed by atoms with van der Waals surface area (Å²) in [7, 11) is 3.22. The van der Waals surface area contributed by atoms with E-state index in [0.717, 1.165) is 0 Å². The van der Waals surface area contributed by atoms with Crippen molar-refractivity contribution in [3.63, 3.8) is 0 Å². The Morgan fingerprint density at radius 1 is 1.41 bits per heavy atom. The lowest BCUT2D eigenvalue weighted by Crippen LogP contribution is -2.37. The number of aromatic nitrogens is 1. The van der Waals surface area contributed by atoms with Crippen LogP contribution in [0.2, 0.25) is 0 Å². The van der Waals surface area contributed by atoms with E-state index in [9.17, 15) is 14.4 Å². The van der Waals surface area contributed by atoms with Crippen molar-refractivity contribution in [1.29, 1.82) is 0 Å². The molecule has 1 aromatic rings. The van der Waals surface area contributed by atoms with Gasteiger partial charge in [0.25, 0.3) is 0 Å². The molecule has 0 saturated heterocycles. The predicted molar refractivity (Wildman–Crippen MR) is 83.5 cm³/mol. The molecule has 2 N–H and O–H groups in total. The number of hydrogen-bond donors (Lipinski definition) is 2. The third kappa shape index (κ3) is 6.17.